The summed E-state index contributed by atoms with van der Waals surface area (Å²) in [5.41, 5.74) is -0.101. The zero-order valence-corrected chi connectivity index (χ0v) is 21.7. The van der Waals surface area contributed by atoms with Crippen LogP contribution in [0.25, 0.3) is 12.8 Å². The minimum atomic E-state index is -4.81. The van der Waals surface area contributed by atoms with Crippen LogP contribution < -0.4 is 15.8 Å². The Morgan fingerprint density at radius 3 is 2.51 bits per heavy atom. The van der Waals surface area contributed by atoms with E-state index in [0.29, 0.717) is 43.8 Å². The van der Waals surface area contributed by atoms with Crippen LogP contribution in [0.5, 0.6) is 0 Å². The molecule has 2 rings (SSSR count). The van der Waals surface area contributed by atoms with Crippen molar-refractivity contribution >= 4 is 24.5 Å². The highest BCUT2D eigenvalue weighted by Gasteiger charge is 2.34. The first-order chi connectivity index (χ1) is 17.4. The number of hydrogen-bond donors (Lipinski definition) is 1. The molecular formula is C28H34F4N2O3. The van der Waals surface area contributed by atoms with Gasteiger partial charge in [0.05, 0.1) is 12.2 Å². The molecule has 0 aromatic heterocycles. The summed E-state index contributed by atoms with van der Waals surface area (Å²) in [6.07, 6.45) is -1.56. The highest BCUT2D eigenvalue weighted by Crippen LogP contribution is 2.31. The highest BCUT2D eigenvalue weighted by molar-refractivity contribution is 5.96. The monoisotopic (exact) mass is 522 g/mol. The van der Waals surface area contributed by atoms with Crippen LogP contribution in [-0.2, 0) is 10.9 Å². The Kier molecular flexibility index (Phi) is 10.9. The SMILES string of the molecule is C=c1cc(C)c(C(=O)NCCOC)c/c1=C/N(C)CC(CC)CCC(=O)c1ccc(C(F)(F)F)c(F)c1. The molecule has 1 atom stereocenters. The molecule has 2 aromatic carbocycles. The Labute approximate surface area is 214 Å². The molecule has 0 aliphatic rings. The van der Waals surface area contributed by atoms with Crippen molar-refractivity contribution in [1.29, 1.82) is 0 Å². The average molecular weight is 523 g/mol. The number of carbonyl (C=O) groups is 2. The van der Waals surface area contributed by atoms with Crippen LogP contribution in [0.2, 0.25) is 0 Å². The molecule has 9 heteroatoms. The van der Waals surface area contributed by atoms with Gasteiger partial charge in [-0.1, -0.05) is 32.1 Å². The summed E-state index contributed by atoms with van der Waals surface area (Å²) >= 11 is 0. The molecular weight excluding hydrogens is 488 g/mol. The molecule has 37 heavy (non-hydrogen) atoms. The van der Waals surface area contributed by atoms with Crippen LogP contribution in [-0.4, -0.2) is 50.4 Å². The zero-order chi connectivity index (χ0) is 27.8. The molecule has 202 valence electrons. The van der Waals surface area contributed by atoms with Crippen molar-refractivity contribution in [3.05, 3.63) is 68.8 Å². The third kappa shape index (κ3) is 8.70. The number of ketones is 1. The number of alkyl halides is 3. The summed E-state index contributed by atoms with van der Waals surface area (Å²) in [6.45, 7) is 9.33. The minimum Gasteiger partial charge on any atom is -0.383 e. The predicted octanol–water partition coefficient (Wildman–Crippen LogP) is 4.30. The van der Waals surface area contributed by atoms with Gasteiger partial charge in [-0.3, -0.25) is 9.59 Å². The molecule has 1 N–H and O–H groups in total. The summed E-state index contributed by atoms with van der Waals surface area (Å²) in [5.74, 6) is -1.94. The van der Waals surface area contributed by atoms with Crippen LogP contribution >= 0.6 is 0 Å². The zero-order valence-electron chi connectivity index (χ0n) is 21.7. The van der Waals surface area contributed by atoms with Crippen molar-refractivity contribution in [2.45, 2.75) is 39.3 Å². The number of carbonyl (C=O) groups excluding carboxylic acids is 2. The second kappa shape index (κ2) is 13.4. The summed E-state index contributed by atoms with van der Waals surface area (Å²) in [5, 5.41) is 4.37. The van der Waals surface area contributed by atoms with E-state index < -0.39 is 23.3 Å². The fourth-order valence-corrected chi connectivity index (χ4v) is 4.03. The van der Waals surface area contributed by atoms with Crippen LogP contribution in [0.3, 0.4) is 0 Å². The predicted molar refractivity (Wildman–Crippen MR) is 136 cm³/mol. The number of hydrogen-bond acceptors (Lipinski definition) is 4. The van der Waals surface area contributed by atoms with Gasteiger partial charge >= 0.3 is 6.18 Å². The molecule has 2 aromatic rings. The van der Waals surface area contributed by atoms with Crippen molar-refractivity contribution in [2.24, 2.45) is 5.92 Å². The normalized spacial score (nSPS) is 12.9. The van der Waals surface area contributed by atoms with Gasteiger partial charge in [0.25, 0.3) is 5.91 Å². The van der Waals surface area contributed by atoms with Crippen LogP contribution in [0, 0.1) is 18.7 Å². The van der Waals surface area contributed by atoms with Gasteiger partial charge in [0.1, 0.15) is 5.82 Å². The van der Waals surface area contributed by atoms with E-state index in [1.165, 1.54) is 0 Å². The fourth-order valence-electron chi connectivity index (χ4n) is 4.03. The summed E-state index contributed by atoms with van der Waals surface area (Å²) in [6, 6.07) is 5.92. The molecule has 0 saturated carbocycles. The molecule has 0 heterocycles. The number of nitrogens with zero attached hydrogens (tertiary/aromatic N) is 1. The van der Waals surface area contributed by atoms with Gasteiger partial charge in [-0.05, 0) is 53.5 Å². The molecule has 0 aliphatic carbocycles. The fraction of sp³-hybridized carbons (Fsp3) is 0.429. The lowest BCUT2D eigenvalue weighted by atomic mass is 9.95. The summed E-state index contributed by atoms with van der Waals surface area (Å²) in [7, 11) is 3.44. The molecule has 5 nitrogen and oxygen atoms in total. The first-order valence-corrected chi connectivity index (χ1v) is 12.1. The molecule has 0 aliphatic heterocycles. The minimum absolute atomic E-state index is 0.0714. The third-order valence-corrected chi connectivity index (χ3v) is 6.18. The number of rotatable bonds is 12. The van der Waals surface area contributed by atoms with Crippen LogP contribution in [0.15, 0.2) is 30.3 Å². The van der Waals surface area contributed by atoms with Crippen LogP contribution in [0.1, 0.15) is 58.0 Å². The quantitative estimate of drug-likeness (QED) is 0.257. The van der Waals surface area contributed by atoms with Gasteiger partial charge in [-0.2, -0.15) is 13.2 Å². The smallest absolute Gasteiger partial charge is 0.383 e. The van der Waals surface area contributed by atoms with Gasteiger partial charge < -0.3 is 15.0 Å². The maximum absolute atomic E-state index is 13.8. The largest absolute Gasteiger partial charge is 0.419 e. The summed E-state index contributed by atoms with van der Waals surface area (Å²) < 4.78 is 57.1. The first-order valence-electron chi connectivity index (χ1n) is 12.1. The first kappa shape index (κ1) is 30.0. The van der Waals surface area contributed by atoms with Crippen molar-refractivity contribution in [2.75, 3.05) is 33.9 Å². The lowest BCUT2D eigenvalue weighted by molar-refractivity contribution is -0.140. The third-order valence-electron chi connectivity index (χ3n) is 6.18. The number of Topliss-reactive ketones (excluding diaryl/α,β-unsaturated/α-hetero) is 1. The van der Waals surface area contributed by atoms with Crippen molar-refractivity contribution < 1.29 is 31.9 Å². The number of amides is 1. The van der Waals surface area contributed by atoms with Gasteiger partial charge in [0, 0.05) is 51.0 Å². The number of methoxy groups -OCH3 is 1. The van der Waals surface area contributed by atoms with E-state index in [9.17, 15) is 27.2 Å². The average Bonchev–Trinajstić information content (AvgIpc) is 2.82. The Bertz CT molecular complexity index is 1210. The number of aryl methyl sites for hydroxylation is 1. The van der Waals surface area contributed by atoms with Crippen molar-refractivity contribution in [3.63, 3.8) is 0 Å². The van der Waals surface area contributed by atoms with E-state index in [1.807, 2.05) is 38.1 Å². The van der Waals surface area contributed by atoms with Gasteiger partial charge in [-0.15, -0.1) is 0 Å². The molecule has 0 bridgehead atoms. The molecule has 0 fully saturated rings. The van der Waals surface area contributed by atoms with Gasteiger partial charge in [0.2, 0.25) is 0 Å². The maximum Gasteiger partial charge on any atom is 0.419 e. The van der Waals surface area contributed by atoms with Crippen LogP contribution in [0.4, 0.5) is 17.6 Å². The lowest BCUT2D eigenvalue weighted by Gasteiger charge is -2.22. The molecule has 0 saturated heterocycles. The van der Waals surface area contributed by atoms with E-state index in [-0.39, 0.29) is 23.8 Å². The van der Waals surface area contributed by atoms with E-state index in [2.05, 4.69) is 11.9 Å². The number of nitrogens with one attached hydrogen (secondary N) is 1. The highest BCUT2D eigenvalue weighted by atomic mass is 19.4. The van der Waals surface area contributed by atoms with Crippen molar-refractivity contribution in [3.8, 4) is 0 Å². The lowest BCUT2D eigenvalue weighted by Crippen LogP contribution is -2.33. The maximum atomic E-state index is 13.8. The summed E-state index contributed by atoms with van der Waals surface area (Å²) in [4.78, 5) is 27.0. The second-order valence-electron chi connectivity index (χ2n) is 9.11. The molecule has 0 radical (unpaired) electrons. The topological polar surface area (TPSA) is 58.6 Å². The Hall–Kier alpha value is -3.20. The van der Waals surface area contributed by atoms with Crippen molar-refractivity contribution in [1.82, 2.24) is 10.2 Å². The number of ether oxygens (including phenoxy) is 1. The molecule has 0 spiro atoms. The Morgan fingerprint density at radius 1 is 1.22 bits per heavy atom. The molecule has 1 unspecified atom stereocenters. The standard InChI is InChI=1S/C28H34F4N2O3/c1-6-20(7-10-26(35)21-8-9-24(25(29)15-21)28(30,31)32)16-34(4)17-22-14-23(19(3)13-18(22)2)27(36)33-11-12-37-5/h8-9,13-15,17,20H,2,6-7,10-12,16H2,1,3-5H3,(H,33,36)/b22-17-. The molecule has 1 amide bonds. The Morgan fingerprint density at radius 2 is 1.92 bits per heavy atom. The van der Waals surface area contributed by atoms with Gasteiger partial charge in [-0.25, -0.2) is 4.39 Å². The Balaban J connectivity index is 2.08. The van der Waals surface area contributed by atoms with E-state index in [4.69, 9.17) is 4.74 Å². The van der Waals surface area contributed by atoms with Gasteiger partial charge in [0.15, 0.2) is 5.78 Å². The second-order valence-corrected chi connectivity index (χ2v) is 9.11. The number of halogens is 4. The van der Waals surface area contributed by atoms with E-state index in [1.54, 1.807) is 13.2 Å². The van der Waals surface area contributed by atoms with E-state index >= 15 is 0 Å². The van der Waals surface area contributed by atoms with E-state index in [0.717, 1.165) is 28.5 Å². The number of benzene rings is 2.